The van der Waals surface area contributed by atoms with Gasteiger partial charge < -0.3 is 5.32 Å². The molecule has 3 rings (SSSR count). The lowest BCUT2D eigenvalue weighted by Crippen LogP contribution is -2.45. The van der Waals surface area contributed by atoms with Crippen LogP contribution in [0.25, 0.3) is 0 Å². The third kappa shape index (κ3) is 6.34. The molecule has 0 saturated carbocycles. The number of nitrogens with one attached hydrogen (secondary N) is 2. The molecule has 2 N–H and O–H groups in total. The molecule has 2 aromatic carbocycles. The molecular weight excluding hydrogens is 455 g/mol. The molecule has 1 aliphatic rings. The van der Waals surface area contributed by atoms with Gasteiger partial charge in [0.25, 0.3) is 22.4 Å². The topological polar surface area (TPSA) is 78.5 Å². The summed E-state index contributed by atoms with van der Waals surface area (Å²) < 4.78 is 65.3. The molecule has 0 radical (unpaired) electrons. The van der Waals surface area contributed by atoms with Gasteiger partial charge >= 0.3 is 0 Å². The van der Waals surface area contributed by atoms with E-state index in [0.717, 1.165) is 18.2 Å². The zero-order valence-electron chi connectivity index (χ0n) is 16.3. The van der Waals surface area contributed by atoms with Crippen LogP contribution in [0.1, 0.15) is 23.2 Å². The maximum atomic E-state index is 13.3. The van der Waals surface area contributed by atoms with E-state index in [1.165, 1.54) is 24.3 Å². The monoisotopic (exact) mass is 475 g/mol. The van der Waals surface area contributed by atoms with Crippen LogP contribution in [0.2, 0.25) is 5.02 Å². The van der Waals surface area contributed by atoms with Gasteiger partial charge in [0.2, 0.25) is 0 Å². The van der Waals surface area contributed by atoms with Crippen LogP contribution in [0.4, 0.5) is 18.9 Å². The molecular formula is C20H21ClF3N3O3S. The third-order valence-corrected chi connectivity index (χ3v) is 6.59. The number of anilines is 1. The number of rotatable bonds is 7. The van der Waals surface area contributed by atoms with Crippen LogP contribution in [0, 0.1) is 5.82 Å². The number of carbonyl (C=O) groups excluding carboxylic acids is 1. The van der Waals surface area contributed by atoms with E-state index < -0.39 is 22.3 Å². The SMILES string of the molecule is O=C(NC1CCN(CC(F)F)CC1)c1ccc(NS(=O)(=O)c2ccc(F)c(Cl)c2)cc1. The van der Waals surface area contributed by atoms with Crippen molar-refractivity contribution in [2.45, 2.75) is 30.2 Å². The lowest BCUT2D eigenvalue weighted by Gasteiger charge is -2.32. The summed E-state index contributed by atoms with van der Waals surface area (Å²) in [4.78, 5) is 13.9. The molecule has 2 aromatic rings. The Hall–Kier alpha value is -2.30. The Balaban J connectivity index is 1.57. The number of carbonyl (C=O) groups is 1. The van der Waals surface area contributed by atoms with Gasteiger partial charge in [-0.2, -0.15) is 0 Å². The van der Waals surface area contributed by atoms with E-state index in [4.69, 9.17) is 11.6 Å². The molecule has 0 aliphatic carbocycles. The molecule has 1 heterocycles. The van der Waals surface area contributed by atoms with E-state index in [1.54, 1.807) is 4.90 Å². The summed E-state index contributed by atoms with van der Waals surface area (Å²) in [5.74, 6) is -1.05. The second-order valence-corrected chi connectivity index (χ2v) is 9.29. The van der Waals surface area contributed by atoms with Crippen molar-refractivity contribution in [1.82, 2.24) is 10.2 Å². The Morgan fingerprint density at radius 1 is 1.13 bits per heavy atom. The van der Waals surface area contributed by atoms with Gasteiger partial charge in [0.15, 0.2) is 0 Å². The Kier molecular flexibility index (Phi) is 7.45. The summed E-state index contributed by atoms with van der Waals surface area (Å²) in [5, 5.41) is 2.56. The van der Waals surface area contributed by atoms with Gasteiger partial charge in [-0.3, -0.25) is 14.4 Å². The first kappa shape index (κ1) is 23.4. The second-order valence-electron chi connectivity index (χ2n) is 7.20. The number of sulfonamides is 1. The van der Waals surface area contributed by atoms with E-state index >= 15 is 0 Å². The van der Waals surface area contributed by atoms with Gasteiger partial charge in [0, 0.05) is 30.4 Å². The average molecular weight is 476 g/mol. The van der Waals surface area contributed by atoms with Gasteiger partial charge in [0.05, 0.1) is 16.5 Å². The molecule has 0 bridgehead atoms. The van der Waals surface area contributed by atoms with Crippen LogP contribution in [0.15, 0.2) is 47.4 Å². The predicted octanol–water partition coefficient (Wildman–Crippen LogP) is 3.74. The molecule has 31 heavy (non-hydrogen) atoms. The Bertz CT molecular complexity index is 1030. The fourth-order valence-corrected chi connectivity index (χ4v) is 4.60. The fraction of sp³-hybridized carbons (Fsp3) is 0.350. The van der Waals surface area contributed by atoms with Crippen LogP contribution in [0.5, 0.6) is 0 Å². The minimum atomic E-state index is -3.98. The molecule has 0 atom stereocenters. The number of nitrogens with zero attached hydrogens (tertiary/aromatic N) is 1. The number of likely N-dealkylation sites (tertiary alicyclic amines) is 1. The molecule has 6 nitrogen and oxygen atoms in total. The fourth-order valence-electron chi connectivity index (χ4n) is 3.27. The lowest BCUT2D eigenvalue weighted by molar-refractivity contribution is 0.0696. The normalized spacial score (nSPS) is 15.8. The predicted molar refractivity (Wildman–Crippen MR) is 112 cm³/mol. The van der Waals surface area contributed by atoms with Gasteiger partial charge in [-0.15, -0.1) is 0 Å². The van der Waals surface area contributed by atoms with E-state index in [1.807, 2.05) is 0 Å². The van der Waals surface area contributed by atoms with Crippen molar-refractivity contribution in [3.05, 3.63) is 58.9 Å². The summed E-state index contributed by atoms with van der Waals surface area (Å²) in [6.07, 6.45) is -1.21. The quantitative estimate of drug-likeness (QED) is 0.639. The van der Waals surface area contributed by atoms with E-state index in [2.05, 4.69) is 10.0 Å². The van der Waals surface area contributed by atoms with Gasteiger partial charge in [0.1, 0.15) is 5.82 Å². The van der Waals surface area contributed by atoms with Crippen LogP contribution >= 0.6 is 11.6 Å². The minimum Gasteiger partial charge on any atom is -0.349 e. The highest BCUT2D eigenvalue weighted by Crippen LogP contribution is 2.22. The van der Waals surface area contributed by atoms with Crippen LogP contribution < -0.4 is 10.0 Å². The average Bonchev–Trinajstić information content (AvgIpc) is 2.71. The van der Waals surface area contributed by atoms with Crippen LogP contribution in [-0.2, 0) is 10.0 Å². The van der Waals surface area contributed by atoms with E-state index in [9.17, 15) is 26.4 Å². The Morgan fingerprint density at radius 3 is 2.35 bits per heavy atom. The van der Waals surface area contributed by atoms with E-state index in [0.29, 0.717) is 31.5 Å². The summed E-state index contributed by atoms with van der Waals surface area (Å²) in [6, 6.07) is 8.76. The molecule has 1 amide bonds. The molecule has 1 aliphatic heterocycles. The first-order chi connectivity index (χ1) is 14.6. The Labute approximate surface area is 183 Å². The number of amides is 1. The number of alkyl halides is 2. The number of hydrogen-bond acceptors (Lipinski definition) is 4. The highest BCUT2D eigenvalue weighted by Gasteiger charge is 2.23. The summed E-state index contributed by atoms with van der Waals surface area (Å²) >= 11 is 5.64. The smallest absolute Gasteiger partial charge is 0.261 e. The first-order valence-electron chi connectivity index (χ1n) is 9.53. The van der Waals surface area contributed by atoms with Crippen molar-refractivity contribution in [3.8, 4) is 0 Å². The first-order valence-corrected chi connectivity index (χ1v) is 11.4. The minimum absolute atomic E-state index is 0.108. The third-order valence-electron chi connectivity index (χ3n) is 4.92. The van der Waals surface area contributed by atoms with Crippen molar-refractivity contribution in [3.63, 3.8) is 0 Å². The maximum absolute atomic E-state index is 13.3. The van der Waals surface area contributed by atoms with Crippen molar-refractivity contribution < 1.29 is 26.4 Å². The van der Waals surface area contributed by atoms with Crippen molar-refractivity contribution in [2.75, 3.05) is 24.4 Å². The van der Waals surface area contributed by atoms with Gasteiger partial charge in [-0.05, 0) is 55.3 Å². The molecule has 1 saturated heterocycles. The van der Waals surface area contributed by atoms with Gasteiger partial charge in [-0.25, -0.2) is 21.6 Å². The van der Waals surface area contributed by atoms with E-state index in [-0.39, 0.29) is 34.1 Å². The highest BCUT2D eigenvalue weighted by molar-refractivity contribution is 7.92. The lowest BCUT2D eigenvalue weighted by atomic mass is 10.0. The molecule has 0 unspecified atom stereocenters. The molecule has 11 heteroatoms. The van der Waals surface area contributed by atoms with Crippen molar-refractivity contribution in [2.24, 2.45) is 0 Å². The summed E-state index contributed by atoms with van der Waals surface area (Å²) in [5.41, 5.74) is 0.556. The van der Waals surface area contributed by atoms with Crippen LogP contribution in [0.3, 0.4) is 0 Å². The molecule has 0 aromatic heterocycles. The standard InChI is InChI=1S/C20H21ClF3N3O3S/c21-17-11-16(5-6-18(17)22)31(29,30)26-15-3-1-13(2-4-15)20(28)25-14-7-9-27(10-8-14)12-19(23)24/h1-6,11,14,19,26H,7-10,12H2,(H,25,28). The number of halogens is 4. The zero-order chi connectivity index (χ0) is 22.6. The molecule has 168 valence electrons. The van der Waals surface area contributed by atoms with Crippen molar-refractivity contribution >= 4 is 33.2 Å². The Morgan fingerprint density at radius 2 is 1.77 bits per heavy atom. The second kappa shape index (κ2) is 9.88. The number of benzene rings is 2. The molecule has 1 fully saturated rings. The molecule has 0 spiro atoms. The number of hydrogen-bond donors (Lipinski definition) is 2. The van der Waals surface area contributed by atoms with Crippen molar-refractivity contribution in [1.29, 1.82) is 0 Å². The zero-order valence-corrected chi connectivity index (χ0v) is 17.9. The highest BCUT2D eigenvalue weighted by atomic mass is 35.5. The number of piperidine rings is 1. The summed E-state index contributed by atoms with van der Waals surface area (Å²) in [7, 11) is -3.98. The summed E-state index contributed by atoms with van der Waals surface area (Å²) in [6.45, 7) is 0.717. The van der Waals surface area contributed by atoms with Crippen LogP contribution in [-0.4, -0.2) is 51.3 Å². The maximum Gasteiger partial charge on any atom is 0.261 e. The van der Waals surface area contributed by atoms with Gasteiger partial charge in [-0.1, -0.05) is 11.6 Å². The largest absolute Gasteiger partial charge is 0.349 e.